The molecule has 1 aromatic carbocycles. The van der Waals surface area contributed by atoms with Crippen LogP contribution in [0.15, 0.2) is 53.7 Å². The predicted molar refractivity (Wildman–Crippen MR) is 90.2 cm³/mol. The van der Waals surface area contributed by atoms with Gasteiger partial charge < -0.3 is 10.2 Å². The van der Waals surface area contributed by atoms with Crippen molar-refractivity contribution in [3.05, 3.63) is 54.4 Å². The van der Waals surface area contributed by atoms with E-state index in [1.165, 1.54) is 11.8 Å². The van der Waals surface area contributed by atoms with Crippen molar-refractivity contribution < 1.29 is 9.59 Å². The number of aromatic nitrogens is 1. The van der Waals surface area contributed by atoms with Crippen LogP contribution in [0.5, 0.6) is 0 Å². The topological polar surface area (TPSA) is 62.3 Å². The molecule has 5 nitrogen and oxygen atoms in total. The first-order valence-electron chi connectivity index (χ1n) is 7.26. The first-order chi connectivity index (χ1) is 11.0. The molecule has 23 heavy (non-hydrogen) atoms. The zero-order valence-electron chi connectivity index (χ0n) is 12.9. The van der Waals surface area contributed by atoms with Gasteiger partial charge in [-0.15, -0.1) is 0 Å². The van der Waals surface area contributed by atoms with E-state index >= 15 is 0 Å². The minimum absolute atomic E-state index is 0.214. The highest BCUT2D eigenvalue weighted by atomic mass is 32.2. The number of fused-ring (bicyclic) bond motifs is 1. The van der Waals surface area contributed by atoms with Gasteiger partial charge in [0.1, 0.15) is 0 Å². The maximum atomic E-state index is 12.7. The maximum absolute atomic E-state index is 12.7. The van der Waals surface area contributed by atoms with E-state index in [0.29, 0.717) is 6.54 Å². The van der Waals surface area contributed by atoms with Crippen LogP contribution in [0.3, 0.4) is 0 Å². The molecule has 1 unspecified atom stereocenters. The molecule has 0 aliphatic carbocycles. The normalized spacial score (nSPS) is 20.1. The lowest BCUT2D eigenvalue weighted by molar-refractivity contribution is -0.131. The second-order valence-corrected chi connectivity index (χ2v) is 6.97. The van der Waals surface area contributed by atoms with Gasteiger partial charge in [0.2, 0.25) is 5.91 Å². The van der Waals surface area contributed by atoms with E-state index in [2.05, 4.69) is 10.3 Å². The second-order valence-electron chi connectivity index (χ2n) is 5.51. The number of para-hydroxylation sites is 1. The van der Waals surface area contributed by atoms with E-state index < -0.39 is 4.75 Å². The van der Waals surface area contributed by atoms with Gasteiger partial charge >= 0.3 is 0 Å². The summed E-state index contributed by atoms with van der Waals surface area (Å²) >= 11 is 1.30. The summed E-state index contributed by atoms with van der Waals surface area (Å²) in [6.07, 6.45) is 3.35. The Hall–Kier alpha value is -2.34. The molecule has 6 heteroatoms. The molecule has 0 spiro atoms. The molecule has 2 amide bonds. The van der Waals surface area contributed by atoms with Crippen LogP contribution in [0, 0.1) is 0 Å². The van der Waals surface area contributed by atoms with Crippen molar-refractivity contribution in [3.8, 4) is 0 Å². The number of carbonyl (C=O) groups excluding carboxylic acids is 2. The summed E-state index contributed by atoms with van der Waals surface area (Å²) in [7, 11) is 1.70. The quantitative estimate of drug-likeness (QED) is 0.878. The second kappa shape index (κ2) is 6.04. The van der Waals surface area contributed by atoms with Gasteiger partial charge in [-0.05, 0) is 36.8 Å². The van der Waals surface area contributed by atoms with Crippen molar-refractivity contribution >= 4 is 29.3 Å². The van der Waals surface area contributed by atoms with E-state index in [-0.39, 0.29) is 11.8 Å². The zero-order valence-corrected chi connectivity index (χ0v) is 13.8. The van der Waals surface area contributed by atoms with Crippen LogP contribution in [0.25, 0.3) is 0 Å². The highest BCUT2D eigenvalue weighted by Crippen LogP contribution is 2.44. The Balaban J connectivity index is 1.81. The summed E-state index contributed by atoms with van der Waals surface area (Å²) in [6.45, 7) is 2.05. The van der Waals surface area contributed by atoms with Crippen molar-refractivity contribution in [2.75, 3.05) is 11.9 Å². The standard InChI is InChI=1S/C17H17N3O2S/c1-17(15(21)19-11-12-7-9-18-10-8-12)16(22)20(2)13-5-3-4-6-14(13)23-17/h3-10H,11H2,1-2H3,(H,19,21). The van der Waals surface area contributed by atoms with Crippen LogP contribution in [-0.2, 0) is 16.1 Å². The van der Waals surface area contributed by atoms with Crippen LogP contribution in [0.1, 0.15) is 12.5 Å². The zero-order chi connectivity index (χ0) is 16.4. The smallest absolute Gasteiger partial charge is 0.252 e. The fourth-order valence-electron chi connectivity index (χ4n) is 2.51. The Morgan fingerprint density at radius 2 is 1.96 bits per heavy atom. The summed E-state index contributed by atoms with van der Waals surface area (Å²) in [6, 6.07) is 11.3. The number of nitrogens with one attached hydrogen (secondary N) is 1. The highest BCUT2D eigenvalue weighted by Gasteiger charge is 2.48. The Bertz CT molecular complexity index is 751. The Labute approximate surface area is 139 Å². The molecule has 1 atom stereocenters. The van der Waals surface area contributed by atoms with Crippen LogP contribution in [0.2, 0.25) is 0 Å². The van der Waals surface area contributed by atoms with Crippen LogP contribution in [-0.4, -0.2) is 28.6 Å². The number of thioether (sulfide) groups is 1. The molecule has 0 saturated heterocycles. The van der Waals surface area contributed by atoms with E-state index in [1.54, 1.807) is 31.3 Å². The molecule has 0 radical (unpaired) electrons. The SMILES string of the molecule is CN1C(=O)C(C)(C(=O)NCc2ccncc2)Sc2ccccc21. The van der Waals surface area contributed by atoms with Crippen molar-refractivity contribution in [1.29, 1.82) is 0 Å². The first-order valence-corrected chi connectivity index (χ1v) is 8.07. The molecule has 2 aromatic rings. The number of amides is 2. The number of anilines is 1. The third-order valence-corrected chi connectivity index (χ3v) is 5.22. The molecule has 0 bridgehead atoms. The van der Waals surface area contributed by atoms with Gasteiger partial charge in [-0.1, -0.05) is 23.9 Å². The lowest BCUT2D eigenvalue weighted by Gasteiger charge is -2.36. The molecule has 2 heterocycles. The number of hydrogen-bond donors (Lipinski definition) is 1. The molecule has 1 aromatic heterocycles. The van der Waals surface area contributed by atoms with Crippen molar-refractivity contribution in [1.82, 2.24) is 10.3 Å². The third kappa shape index (κ3) is 2.82. The molecular weight excluding hydrogens is 310 g/mol. The maximum Gasteiger partial charge on any atom is 0.252 e. The molecule has 1 aliphatic heterocycles. The van der Waals surface area contributed by atoms with Gasteiger partial charge in [-0.25, -0.2) is 0 Å². The van der Waals surface area contributed by atoms with Gasteiger partial charge in [0.15, 0.2) is 4.75 Å². The summed E-state index contributed by atoms with van der Waals surface area (Å²) < 4.78 is -1.17. The van der Waals surface area contributed by atoms with Crippen LogP contribution >= 0.6 is 11.8 Å². The monoisotopic (exact) mass is 327 g/mol. The van der Waals surface area contributed by atoms with Crippen LogP contribution in [0.4, 0.5) is 5.69 Å². The third-order valence-electron chi connectivity index (χ3n) is 3.89. The summed E-state index contributed by atoms with van der Waals surface area (Å²) in [5.41, 5.74) is 1.78. The number of rotatable bonds is 3. The van der Waals surface area contributed by atoms with Crippen LogP contribution < -0.4 is 10.2 Å². The van der Waals surface area contributed by atoms with Gasteiger partial charge in [0, 0.05) is 30.9 Å². The van der Waals surface area contributed by atoms with E-state index in [4.69, 9.17) is 0 Å². The molecule has 118 valence electrons. The Kier molecular flexibility index (Phi) is 4.09. The first kappa shape index (κ1) is 15.6. The highest BCUT2D eigenvalue weighted by molar-refractivity contribution is 8.02. The van der Waals surface area contributed by atoms with Gasteiger partial charge in [0.25, 0.3) is 5.91 Å². The van der Waals surface area contributed by atoms with Gasteiger partial charge in [-0.2, -0.15) is 0 Å². The fourth-order valence-corrected chi connectivity index (χ4v) is 3.79. The molecule has 1 N–H and O–H groups in total. The van der Waals surface area contributed by atoms with Crippen molar-refractivity contribution in [3.63, 3.8) is 0 Å². The number of carbonyl (C=O) groups is 2. The Morgan fingerprint density at radius 3 is 2.70 bits per heavy atom. The predicted octanol–water partition coefficient (Wildman–Crippen LogP) is 2.23. The molecule has 0 saturated carbocycles. The molecule has 0 fully saturated rings. The average Bonchev–Trinajstić information content (AvgIpc) is 2.58. The lowest BCUT2D eigenvalue weighted by atomic mass is 10.1. The van der Waals surface area contributed by atoms with Crippen molar-refractivity contribution in [2.24, 2.45) is 0 Å². The molecular formula is C17H17N3O2S. The molecule has 1 aliphatic rings. The largest absolute Gasteiger partial charge is 0.350 e. The summed E-state index contributed by atoms with van der Waals surface area (Å²) in [4.78, 5) is 31.8. The van der Waals surface area contributed by atoms with E-state index in [9.17, 15) is 9.59 Å². The number of pyridine rings is 1. The average molecular weight is 327 g/mol. The minimum atomic E-state index is -1.17. The number of benzene rings is 1. The lowest BCUT2D eigenvalue weighted by Crippen LogP contribution is -2.55. The van der Waals surface area contributed by atoms with E-state index in [0.717, 1.165) is 16.1 Å². The number of hydrogen-bond acceptors (Lipinski definition) is 4. The van der Waals surface area contributed by atoms with E-state index in [1.807, 2.05) is 36.4 Å². The summed E-state index contributed by atoms with van der Waals surface area (Å²) in [5.74, 6) is -0.501. The summed E-state index contributed by atoms with van der Waals surface area (Å²) in [5, 5.41) is 2.86. The number of nitrogens with zero attached hydrogens (tertiary/aromatic N) is 2. The fraction of sp³-hybridized carbons (Fsp3) is 0.235. The van der Waals surface area contributed by atoms with Gasteiger partial charge in [-0.3, -0.25) is 14.6 Å². The molecule has 3 rings (SSSR count). The van der Waals surface area contributed by atoms with Gasteiger partial charge in [0.05, 0.1) is 5.69 Å². The minimum Gasteiger partial charge on any atom is -0.350 e. The van der Waals surface area contributed by atoms with Crippen molar-refractivity contribution in [2.45, 2.75) is 23.1 Å². The Morgan fingerprint density at radius 1 is 1.26 bits per heavy atom.